The summed E-state index contributed by atoms with van der Waals surface area (Å²) in [4.78, 5) is 0. The highest BCUT2D eigenvalue weighted by molar-refractivity contribution is 5.78. The van der Waals surface area contributed by atoms with Crippen molar-refractivity contribution in [2.24, 2.45) is 0 Å². The Labute approximate surface area is 93.1 Å². The van der Waals surface area contributed by atoms with Crippen LogP contribution in [0, 0.1) is 6.07 Å². The van der Waals surface area contributed by atoms with Crippen molar-refractivity contribution in [3.8, 4) is 11.7 Å². The van der Waals surface area contributed by atoms with E-state index in [1.807, 2.05) is 48.5 Å². The molecule has 2 aromatic carbocycles. The van der Waals surface area contributed by atoms with E-state index in [1.54, 1.807) is 6.07 Å². The number of ether oxygens (including phenoxy) is 1. The summed E-state index contributed by atoms with van der Waals surface area (Å²) in [7, 11) is 0. The molecule has 0 saturated heterocycles. The Morgan fingerprint density at radius 2 is 1.88 bits per heavy atom. The molecule has 1 heterocycles. The molecule has 0 unspecified atom stereocenters. The Morgan fingerprint density at radius 1 is 1.00 bits per heavy atom. The third kappa shape index (κ3) is 1.65. The van der Waals surface area contributed by atoms with Crippen LogP contribution in [0.2, 0.25) is 0 Å². The van der Waals surface area contributed by atoms with Crippen LogP contribution in [0.5, 0.6) is 11.7 Å². The summed E-state index contributed by atoms with van der Waals surface area (Å²) >= 11 is 0. The maximum absolute atomic E-state index is 5.54. The van der Waals surface area contributed by atoms with Gasteiger partial charge in [0.15, 0.2) is 0 Å². The zero-order chi connectivity index (χ0) is 10.8. The topological polar surface area (TPSA) is 22.4 Å². The summed E-state index contributed by atoms with van der Waals surface area (Å²) in [6.45, 7) is 0. The molecule has 0 saturated carbocycles. The third-order valence-corrected chi connectivity index (χ3v) is 2.29. The summed E-state index contributed by atoms with van der Waals surface area (Å²) in [6.07, 6.45) is 0. The van der Waals surface area contributed by atoms with Crippen LogP contribution in [0.15, 0.2) is 59.0 Å². The second kappa shape index (κ2) is 3.74. The van der Waals surface area contributed by atoms with Crippen LogP contribution in [-0.4, -0.2) is 0 Å². The van der Waals surface area contributed by atoms with Crippen LogP contribution in [0.4, 0.5) is 0 Å². The maximum atomic E-state index is 5.54. The van der Waals surface area contributed by atoms with Gasteiger partial charge in [-0.25, -0.2) is 0 Å². The smallest absolute Gasteiger partial charge is 0.291 e. The lowest BCUT2D eigenvalue weighted by Crippen LogP contribution is -1.79. The molecular weight excluding hydrogens is 200 g/mol. The van der Waals surface area contributed by atoms with Crippen LogP contribution in [0.25, 0.3) is 11.0 Å². The highest BCUT2D eigenvalue weighted by Crippen LogP contribution is 2.28. The molecule has 2 heteroatoms. The summed E-state index contributed by atoms with van der Waals surface area (Å²) in [6, 6.07) is 20.1. The summed E-state index contributed by atoms with van der Waals surface area (Å²) in [5.74, 6) is 1.14. The molecule has 0 atom stereocenters. The predicted octanol–water partition coefficient (Wildman–Crippen LogP) is 4.03. The molecule has 77 valence electrons. The van der Waals surface area contributed by atoms with E-state index in [4.69, 9.17) is 9.15 Å². The quantitative estimate of drug-likeness (QED) is 0.635. The first kappa shape index (κ1) is 9.04. The molecule has 2 nitrogen and oxygen atoms in total. The largest absolute Gasteiger partial charge is 0.425 e. The van der Waals surface area contributed by atoms with E-state index in [9.17, 15) is 0 Å². The van der Waals surface area contributed by atoms with Gasteiger partial charge in [-0.05, 0) is 12.1 Å². The monoisotopic (exact) mass is 209 g/mol. The molecule has 0 bridgehead atoms. The third-order valence-electron chi connectivity index (χ3n) is 2.29. The van der Waals surface area contributed by atoms with Gasteiger partial charge < -0.3 is 9.15 Å². The van der Waals surface area contributed by atoms with E-state index in [1.165, 1.54) is 0 Å². The van der Waals surface area contributed by atoms with Gasteiger partial charge in [-0.3, -0.25) is 0 Å². The lowest BCUT2D eigenvalue weighted by Gasteiger charge is -1.98. The first-order valence-electron chi connectivity index (χ1n) is 5.05. The van der Waals surface area contributed by atoms with Gasteiger partial charge in [0.2, 0.25) is 0 Å². The average molecular weight is 209 g/mol. The molecule has 1 aromatic heterocycles. The first-order valence-corrected chi connectivity index (χ1v) is 5.05. The van der Waals surface area contributed by atoms with E-state index >= 15 is 0 Å². The molecule has 3 aromatic rings. The number of furan rings is 1. The molecule has 0 spiro atoms. The highest BCUT2D eigenvalue weighted by Gasteiger charge is 2.04. The van der Waals surface area contributed by atoms with Crippen molar-refractivity contribution in [3.63, 3.8) is 0 Å². The Balaban J connectivity index is 1.95. The number of benzene rings is 2. The van der Waals surface area contributed by atoms with Crippen molar-refractivity contribution in [3.05, 3.63) is 60.7 Å². The fraction of sp³-hybridized carbons (Fsp3) is 0. The van der Waals surface area contributed by atoms with Crippen molar-refractivity contribution in [2.45, 2.75) is 0 Å². The molecule has 0 aliphatic carbocycles. The number of rotatable bonds is 2. The van der Waals surface area contributed by atoms with E-state index in [-0.39, 0.29) is 0 Å². The second-order valence-electron chi connectivity index (χ2n) is 3.43. The highest BCUT2D eigenvalue weighted by atomic mass is 16.6. The van der Waals surface area contributed by atoms with Crippen LogP contribution >= 0.6 is 0 Å². The Bertz CT molecular complexity index is 563. The lowest BCUT2D eigenvalue weighted by molar-refractivity contribution is 0.360. The molecule has 0 amide bonds. The van der Waals surface area contributed by atoms with Gasteiger partial charge in [-0.15, -0.1) is 0 Å². The zero-order valence-electron chi connectivity index (χ0n) is 8.51. The van der Waals surface area contributed by atoms with Gasteiger partial charge in [0, 0.05) is 17.5 Å². The molecule has 0 aliphatic heterocycles. The fourth-order valence-corrected chi connectivity index (χ4v) is 1.56. The van der Waals surface area contributed by atoms with Gasteiger partial charge in [0.05, 0.1) is 0 Å². The normalized spacial score (nSPS) is 10.5. The molecule has 0 fully saturated rings. The molecular formula is C14H9O2. The number of fused-ring (bicyclic) bond motifs is 1. The number of para-hydroxylation sites is 2. The van der Waals surface area contributed by atoms with Gasteiger partial charge in [0.1, 0.15) is 11.3 Å². The molecule has 3 rings (SSSR count). The summed E-state index contributed by atoms with van der Waals surface area (Å²) in [5.41, 5.74) is 0.827. The predicted molar refractivity (Wildman–Crippen MR) is 61.6 cm³/mol. The summed E-state index contributed by atoms with van der Waals surface area (Å²) in [5, 5.41) is 1.04. The SMILES string of the molecule is [c]1ccccc1Oc1cc2ccccc2o1. The van der Waals surface area contributed by atoms with Crippen molar-refractivity contribution in [2.75, 3.05) is 0 Å². The van der Waals surface area contributed by atoms with Crippen LogP contribution in [0.3, 0.4) is 0 Å². The van der Waals surface area contributed by atoms with Gasteiger partial charge in [-0.1, -0.05) is 36.4 Å². The molecule has 0 N–H and O–H groups in total. The lowest BCUT2D eigenvalue weighted by atomic mass is 10.3. The van der Waals surface area contributed by atoms with Crippen LogP contribution in [0.1, 0.15) is 0 Å². The average Bonchev–Trinajstić information content (AvgIpc) is 2.72. The number of hydrogen-bond donors (Lipinski definition) is 0. The Morgan fingerprint density at radius 3 is 2.69 bits per heavy atom. The first-order chi connectivity index (χ1) is 7.92. The maximum Gasteiger partial charge on any atom is 0.291 e. The standard InChI is InChI=1S/C14H9O2/c1-2-7-12(8-3-1)15-14-10-11-6-4-5-9-13(11)16-14/h1-7,9-10H. The van der Waals surface area contributed by atoms with E-state index in [2.05, 4.69) is 6.07 Å². The fourth-order valence-electron chi connectivity index (χ4n) is 1.56. The van der Waals surface area contributed by atoms with Crippen LogP contribution in [-0.2, 0) is 0 Å². The Hall–Kier alpha value is -2.22. The zero-order valence-corrected chi connectivity index (χ0v) is 8.51. The van der Waals surface area contributed by atoms with Gasteiger partial charge in [0.25, 0.3) is 5.95 Å². The van der Waals surface area contributed by atoms with Crippen LogP contribution < -0.4 is 4.74 Å². The van der Waals surface area contributed by atoms with Crippen molar-refractivity contribution in [1.82, 2.24) is 0 Å². The van der Waals surface area contributed by atoms with E-state index in [0.29, 0.717) is 11.7 Å². The van der Waals surface area contributed by atoms with Gasteiger partial charge in [-0.2, -0.15) is 0 Å². The van der Waals surface area contributed by atoms with Crippen molar-refractivity contribution in [1.29, 1.82) is 0 Å². The summed E-state index contributed by atoms with van der Waals surface area (Å²) < 4.78 is 11.1. The van der Waals surface area contributed by atoms with E-state index < -0.39 is 0 Å². The second-order valence-corrected chi connectivity index (χ2v) is 3.43. The Kier molecular flexibility index (Phi) is 2.11. The minimum absolute atomic E-state index is 0.489. The minimum Gasteiger partial charge on any atom is -0.425 e. The van der Waals surface area contributed by atoms with Crippen molar-refractivity contribution < 1.29 is 9.15 Å². The molecule has 1 radical (unpaired) electrons. The van der Waals surface area contributed by atoms with E-state index in [0.717, 1.165) is 11.0 Å². The van der Waals surface area contributed by atoms with Gasteiger partial charge >= 0.3 is 0 Å². The number of hydrogen-bond acceptors (Lipinski definition) is 2. The minimum atomic E-state index is 0.489. The molecule has 16 heavy (non-hydrogen) atoms. The van der Waals surface area contributed by atoms with Crippen molar-refractivity contribution >= 4 is 11.0 Å². The molecule has 0 aliphatic rings.